The van der Waals surface area contributed by atoms with Crippen molar-refractivity contribution in [3.8, 4) is 6.07 Å². The molecule has 2 nitrogen and oxygen atoms in total. The molecule has 0 saturated heterocycles. The summed E-state index contributed by atoms with van der Waals surface area (Å²) >= 11 is 3.65. The van der Waals surface area contributed by atoms with E-state index < -0.39 is 0 Å². The van der Waals surface area contributed by atoms with Gasteiger partial charge in [0, 0.05) is 62.8 Å². The Balaban J connectivity index is 1.31. The van der Waals surface area contributed by atoms with Crippen LogP contribution < -0.4 is 4.90 Å². The molecule has 0 N–H and O–H groups in total. The standard InChI is InChI=1S/C39H22N2S2/c40-23-24-9-17-38-34(19-24)32-16-12-26-11-14-29(21-33(26)39(32)43-38)41(28-13-10-25-5-1-2-6-27(25)20-28)30-15-18-37-35(22-30)31-7-3-4-8-36(31)42-37/h1-22H. The minimum Gasteiger partial charge on any atom is -0.310 e. The lowest BCUT2D eigenvalue weighted by molar-refractivity contribution is 1.30. The van der Waals surface area contributed by atoms with Gasteiger partial charge in [-0.15, -0.1) is 22.7 Å². The van der Waals surface area contributed by atoms with Crippen LogP contribution in [-0.4, -0.2) is 0 Å². The summed E-state index contributed by atoms with van der Waals surface area (Å²) in [5, 5.41) is 19.3. The van der Waals surface area contributed by atoms with Gasteiger partial charge in [-0.1, -0.05) is 66.7 Å². The largest absolute Gasteiger partial charge is 0.310 e. The lowest BCUT2D eigenvalue weighted by Gasteiger charge is -2.26. The van der Waals surface area contributed by atoms with Crippen molar-refractivity contribution in [3.63, 3.8) is 0 Å². The highest BCUT2D eigenvalue weighted by molar-refractivity contribution is 7.26. The van der Waals surface area contributed by atoms with Crippen LogP contribution in [0.3, 0.4) is 0 Å². The second-order valence-electron chi connectivity index (χ2n) is 10.9. The number of benzene rings is 7. The minimum absolute atomic E-state index is 0.694. The Morgan fingerprint density at radius 3 is 1.95 bits per heavy atom. The maximum absolute atomic E-state index is 9.52. The number of nitrogens with zero attached hydrogens (tertiary/aromatic N) is 2. The SMILES string of the molecule is N#Cc1ccc2sc3c4cc(N(c5ccc6ccccc6c5)c5ccc6sc7ccccc7c6c5)ccc4ccc3c2c1. The molecule has 0 spiro atoms. The highest BCUT2D eigenvalue weighted by atomic mass is 32.1. The Morgan fingerprint density at radius 2 is 1.07 bits per heavy atom. The van der Waals surface area contributed by atoms with Crippen LogP contribution in [-0.2, 0) is 0 Å². The molecule has 0 saturated carbocycles. The average Bonchev–Trinajstić information content (AvgIpc) is 3.63. The molecule has 0 atom stereocenters. The summed E-state index contributed by atoms with van der Waals surface area (Å²) in [6, 6.07) is 50.4. The Hall–Kier alpha value is -5.21. The van der Waals surface area contributed by atoms with E-state index in [4.69, 9.17) is 0 Å². The molecule has 43 heavy (non-hydrogen) atoms. The van der Waals surface area contributed by atoms with Gasteiger partial charge >= 0.3 is 0 Å². The van der Waals surface area contributed by atoms with Crippen LogP contribution in [0.2, 0.25) is 0 Å². The van der Waals surface area contributed by atoms with E-state index in [9.17, 15) is 5.26 Å². The number of hydrogen-bond donors (Lipinski definition) is 0. The first kappa shape index (κ1) is 24.4. The molecule has 0 unspecified atom stereocenters. The van der Waals surface area contributed by atoms with Crippen molar-refractivity contribution in [1.29, 1.82) is 5.26 Å². The van der Waals surface area contributed by atoms with Crippen LogP contribution in [0.4, 0.5) is 17.1 Å². The van der Waals surface area contributed by atoms with Gasteiger partial charge in [0.1, 0.15) is 0 Å². The number of nitriles is 1. The van der Waals surface area contributed by atoms with Gasteiger partial charge in [0.05, 0.1) is 11.6 Å². The Morgan fingerprint density at radius 1 is 0.442 bits per heavy atom. The summed E-state index contributed by atoms with van der Waals surface area (Å²) in [4.78, 5) is 2.39. The van der Waals surface area contributed by atoms with Crippen molar-refractivity contribution in [2.75, 3.05) is 4.90 Å². The van der Waals surface area contributed by atoms with Crippen LogP contribution in [0.1, 0.15) is 5.56 Å². The van der Waals surface area contributed by atoms with Gasteiger partial charge in [-0.25, -0.2) is 0 Å². The maximum atomic E-state index is 9.52. The van der Waals surface area contributed by atoms with Gasteiger partial charge in [-0.3, -0.25) is 0 Å². The van der Waals surface area contributed by atoms with Gasteiger partial charge in [-0.2, -0.15) is 5.26 Å². The summed E-state index contributed by atoms with van der Waals surface area (Å²) in [5.74, 6) is 0. The number of rotatable bonds is 3. The molecular formula is C39H22N2S2. The van der Waals surface area contributed by atoms with Crippen LogP contribution in [0.25, 0.3) is 61.9 Å². The fourth-order valence-corrected chi connectivity index (χ4v) is 8.66. The molecule has 7 aromatic carbocycles. The zero-order chi connectivity index (χ0) is 28.5. The van der Waals surface area contributed by atoms with Crippen molar-refractivity contribution < 1.29 is 0 Å². The van der Waals surface area contributed by atoms with E-state index in [1.165, 1.54) is 56.5 Å². The second kappa shape index (κ2) is 9.40. The lowest BCUT2D eigenvalue weighted by atomic mass is 10.0. The number of anilines is 3. The zero-order valence-corrected chi connectivity index (χ0v) is 24.5. The third-order valence-electron chi connectivity index (χ3n) is 8.43. The molecule has 0 aliphatic rings. The third kappa shape index (κ3) is 3.83. The normalized spacial score (nSPS) is 11.7. The van der Waals surface area contributed by atoms with Gasteiger partial charge in [-0.05, 0) is 82.9 Å². The molecule has 2 heterocycles. The fraction of sp³-hybridized carbons (Fsp3) is 0. The molecule has 0 radical (unpaired) electrons. The summed E-state index contributed by atoms with van der Waals surface area (Å²) in [6.07, 6.45) is 0. The molecule has 0 bridgehead atoms. The first-order valence-corrected chi connectivity index (χ1v) is 15.9. The van der Waals surface area contributed by atoms with Gasteiger partial charge in [0.25, 0.3) is 0 Å². The van der Waals surface area contributed by atoms with Crippen LogP contribution in [0.5, 0.6) is 0 Å². The van der Waals surface area contributed by atoms with Gasteiger partial charge in [0.2, 0.25) is 0 Å². The number of hydrogen-bond acceptors (Lipinski definition) is 4. The summed E-state index contributed by atoms with van der Waals surface area (Å²) in [7, 11) is 0. The first-order chi connectivity index (χ1) is 21.2. The smallest absolute Gasteiger partial charge is 0.0991 e. The molecule has 0 fully saturated rings. The van der Waals surface area contributed by atoms with Gasteiger partial charge < -0.3 is 4.90 Å². The Bertz CT molecular complexity index is 2600. The quantitative estimate of drug-likeness (QED) is 0.207. The zero-order valence-electron chi connectivity index (χ0n) is 22.9. The molecule has 200 valence electrons. The highest BCUT2D eigenvalue weighted by Crippen LogP contribution is 2.44. The topological polar surface area (TPSA) is 27.0 Å². The van der Waals surface area contributed by atoms with E-state index in [-0.39, 0.29) is 0 Å². The molecule has 0 aliphatic heterocycles. The Kier molecular flexibility index (Phi) is 5.34. The first-order valence-electron chi connectivity index (χ1n) is 14.2. The van der Waals surface area contributed by atoms with E-state index in [1.54, 1.807) is 11.3 Å². The van der Waals surface area contributed by atoms with Crippen LogP contribution in [0.15, 0.2) is 133 Å². The molecule has 9 aromatic rings. The van der Waals surface area contributed by atoms with Crippen molar-refractivity contribution >= 4 is 102 Å². The molecule has 9 rings (SSSR count). The van der Waals surface area contributed by atoms with E-state index in [1.807, 2.05) is 23.5 Å². The monoisotopic (exact) mass is 582 g/mol. The number of thiophene rings is 2. The number of fused-ring (bicyclic) bond motifs is 9. The summed E-state index contributed by atoms with van der Waals surface area (Å²) in [5.41, 5.74) is 4.07. The predicted molar refractivity (Wildman–Crippen MR) is 187 cm³/mol. The van der Waals surface area contributed by atoms with Crippen LogP contribution >= 0.6 is 22.7 Å². The third-order valence-corrected chi connectivity index (χ3v) is 10.8. The fourth-order valence-electron chi connectivity index (χ4n) is 6.37. The molecular weight excluding hydrogens is 561 g/mol. The van der Waals surface area contributed by atoms with Crippen LogP contribution in [0, 0.1) is 11.3 Å². The second-order valence-corrected chi connectivity index (χ2v) is 13.1. The average molecular weight is 583 g/mol. The van der Waals surface area contributed by atoms with E-state index >= 15 is 0 Å². The molecule has 4 heteroatoms. The lowest BCUT2D eigenvalue weighted by Crippen LogP contribution is -2.09. The van der Waals surface area contributed by atoms with Crippen molar-refractivity contribution in [3.05, 3.63) is 139 Å². The summed E-state index contributed by atoms with van der Waals surface area (Å²) < 4.78 is 5.06. The van der Waals surface area contributed by atoms with Crippen molar-refractivity contribution in [2.45, 2.75) is 0 Å². The van der Waals surface area contributed by atoms with Crippen molar-refractivity contribution in [1.82, 2.24) is 0 Å². The van der Waals surface area contributed by atoms with E-state index in [2.05, 4.69) is 132 Å². The maximum Gasteiger partial charge on any atom is 0.0991 e. The molecule has 2 aromatic heterocycles. The van der Waals surface area contributed by atoms with Crippen molar-refractivity contribution in [2.24, 2.45) is 0 Å². The predicted octanol–water partition coefficient (Wildman–Crippen LogP) is 12.1. The highest BCUT2D eigenvalue weighted by Gasteiger charge is 2.17. The van der Waals surface area contributed by atoms with E-state index in [0.29, 0.717) is 5.56 Å². The molecule has 0 aliphatic carbocycles. The van der Waals surface area contributed by atoms with E-state index in [0.717, 1.165) is 22.4 Å². The van der Waals surface area contributed by atoms with Gasteiger partial charge in [0.15, 0.2) is 0 Å². The molecule has 0 amide bonds. The summed E-state index contributed by atoms with van der Waals surface area (Å²) in [6.45, 7) is 0. The Labute approximate surface area is 255 Å². The minimum atomic E-state index is 0.694.